The van der Waals surface area contributed by atoms with Crippen LogP contribution in [0, 0.1) is 5.82 Å². The second-order valence-corrected chi connectivity index (χ2v) is 7.81. The Hall–Kier alpha value is -3.81. The molecule has 2 aromatic heterocycles. The number of aromatic nitrogens is 4. The van der Waals surface area contributed by atoms with Gasteiger partial charge in [-0.05, 0) is 55.3 Å². The summed E-state index contributed by atoms with van der Waals surface area (Å²) in [5.74, 6) is 1.32. The fourth-order valence-electron chi connectivity index (χ4n) is 4.01. The van der Waals surface area contributed by atoms with Crippen LogP contribution < -0.4 is 10.1 Å². The maximum Gasteiger partial charge on any atom is 0.274 e. The van der Waals surface area contributed by atoms with Crippen LogP contribution in [0.1, 0.15) is 35.6 Å². The van der Waals surface area contributed by atoms with Crippen molar-refractivity contribution in [3.63, 3.8) is 0 Å². The number of carbonyl (C=O) groups excluding carboxylic acids is 1. The van der Waals surface area contributed by atoms with Crippen molar-refractivity contribution in [2.24, 2.45) is 0 Å². The molecule has 8 heteroatoms. The summed E-state index contributed by atoms with van der Waals surface area (Å²) in [7, 11) is 1.60. The number of halogens is 1. The van der Waals surface area contributed by atoms with Crippen LogP contribution in [0.2, 0.25) is 0 Å². The third-order valence-corrected chi connectivity index (χ3v) is 5.70. The molecule has 1 amide bonds. The average molecular weight is 431 g/mol. The lowest BCUT2D eigenvalue weighted by molar-refractivity contribution is 0.102. The normalized spacial score (nSPS) is 13.4. The number of ether oxygens (including phenoxy) is 1. The van der Waals surface area contributed by atoms with Gasteiger partial charge in [0.2, 0.25) is 0 Å². The van der Waals surface area contributed by atoms with Gasteiger partial charge in [0.25, 0.3) is 5.91 Å². The number of amides is 1. The van der Waals surface area contributed by atoms with E-state index < -0.39 is 5.82 Å². The summed E-state index contributed by atoms with van der Waals surface area (Å²) in [5, 5.41) is 12.2. The summed E-state index contributed by atoms with van der Waals surface area (Å²) < 4.78 is 21.9. The standard InChI is InChI=1S/C24H22FN5O2/c1-32-17-8-11-20-15(13-17)6-10-21(27-20)24(31)26-16-7-9-19(25)18(14-16)23-29-28-22-5-3-2-4-12-30(22)23/h6-11,13-14H,2-5,12H2,1H3,(H,26,31). The largest absolute Gasteiger partial charge is 0.497 e. The van der Waals surface area contributed by atoms with Gasteiger partial charge in [-0.1, -0.05) is 12.5 Å². The Bertz CT molecular complexity index is 1320. The van der Waals surface area contributed by atoms with Gasteiger partial charge in [-0.3, -0.25) is 4.79 Å². The summed E-state index contributed by atoms with van der Waals surface area (Å²) in [6.45, 7) is 0.763. The van der Waals surface area contributed by atoms with E-state index in [1.54, 1.807) is 31.4 Å². The molecule has 0 fully saturated rings. The number of pyridine rings is 1. The highest BCUT2D eigenvalue weighted by Gasteiger charge is 2.19. The minimum Gasteiger partial charge on any atom is -0.497 e. The maximum atomic E-state index is 14.7. The number of rotatable bonds is 4. The Morgan fingerprint density at radius 3 is 2.84 bits per heavy atom. The quantitative estimate of drug-likeness (QED) is 0.510. The van der Waals surface area contributed by atoms with Crippen molar-refractivity contribution < 1.29 is 13.9 Å². The molecule has 1 N–H and O–H groups in total. The number of anilines is 1. The monoisotopic (exact) mass is 431 g/mol. The van der Waals surface area contributed by atoms with Gasteiger partial charge in [0.05, 0.1) is 18.2 Å². The molecule has 0 saturated heterocycles. The number of nitrogens with zero attached hydrogens (tertiary/aromatic N) is 4. The molecule has 0 radical (unpaired) electrons. The van der Waals surface area contributed by atoms with Crippen LogP contribution in [-0.4, -0.2) is 32.8 Å². The molecule has 0 spiro atoms. The molecule has 4 aromatic rings. The number of benzene rings is 2. The Kier molecular flexibility index (Phi) is 5.26. The molecule has 1 aliphatic rings. The second kappa shape index (κ2) is 8.37. The first-order valence-electron chi connectivity index (χ1n) is 10.6. The van der Waals surface area contributed by atoms with Gasteiger partial charge >= 0.3 is 0 Å². The molecular formula is C24H22FN5O2. The zero-order valence-corrected chi connectivity index (χ0v) is 17.6. The van der Waals surface area contributed by atoms with E-state index in [9.17, 15) is 9.18 Å². The molecule has 162 valence electrons. The van der Waals surface area contributed by atoms with Gasteiger partial charge in [-0.15, -0.1) is 10.2 Å². The molecular weight excluding hydrogens is 409 g/mol. The van der Waals surface area contributed by atoms with Crippen molar-refractivity contribution in [2.75, 3.05) is 12.4 Å². The van der Waals surface area contributed by atoms with Gasteiger partial charge in [0.15, 0.2) is 5.82 Å². The van der Waals surface area contributed by atoms with E-state index in [0.29, 0.717) is 22.6 Å². The van der Waals surface area contributed by atoms with Crippen molar-refractivity contribution >= 4 is 22.5 Å². The van der Waals surface area contributed by atoms with Crippen molar-refractivity contribution in [3.8, 4) is 17.1 Å². The van der Waals surface area contributed by atoms with E-state index >= 15 is 0 Å². The summed E-state index contributed by atoms with van der Waals surface area (Å²) >= 11 is 0. The predicted octanol–water partition coefficient (Wildman–Crippen LogP) is 4.62. The Balaban J connectivity index is 1.42. The molecule has 0 bridgehead atoms. The third kappa shape index (κ3) is 3.79. The summed E-state index contributed by atoms with van der Waals surface area (Å²) in [6.07, 6.45) is 4.02. The van der Waals surface area contributed by atoms with Crippen LogP contribution in [0.4, 0.5) is 10.1 Å². The highest BCUT2D eigenvalue weighted by Crippen LogP contribution is 2.28. The van der Waals surface area contributed by atoms with Gasteiger partial charge < -0.3 is 14.6 Å². The first-order valence-corrected chi connectivity index (χ1v) is 10.6. The highest BCUT2D eigenvalue weighted by atomic mass is 19.1. The molecule has 2 aromatic carbocycles. The van der Waals surface area contributed by atoms with Crippen molar-refractivity contribution in [3.05, 3.63) is 65.9 Å². The van der Waals surface area contributed by atoms with E-state index in [2.05, 4.69) is 20.5 Å². The Morgan fingerprint density at radius 1 is 1.06 bits per heavy atom. The molecule has 0 atom stereocenters. The minimum atomic E-state index is -0.403. The molecule has 1 aliphatic heterocycles. The van der Waals surface area contributed by atoms with Crippen LogP contribution in [-0.2, 0) is 13.0 Å². The van der Waals surface area contributed by atoms with Crippen LogP contribution in [0.3, 0.4) is 0 Å². The fraction of sp³-hybridized carbons (Fsp3) is 0.250. The molecule has 0 saturated carbocycles. The number of fused-ring (bicyclic) bond motifs is 2. The maximum absolute atomic E-state index is 14.7. The zero-order chi connectivity index (χ0) is 22.1. The van der Waals surface area contributed by atoms with Gasteiger partial charge in [-0.2, -0.15) is 0 Å². The fourth-order valence-corrected chi connectivity index (χ4v) is 4.01. The van der Waals surface area contributed by atoms with Crippen LogP contribution in [0.15, 0.2) is 48.5 Å². The SMILES string of the molecule is COc1ccc2nc(C(=O)Nc3ccc(F)c(-c4nnc5n4CCCCC5)c3)ccc2c1. The summed E-state index contributed by atoms with van der Waals surface area (Å²) in [6, 6.07) is 13.4. The first-order chi connectivity index (χ1) is 15.6. The summed E-state index contributed by atoms with van der Waals surface area (Å²) in [4.78, 5) is 17.3. The van der Waals surface area contributed by atoms with Crippen molar-refractivity contribution in [1.82, 2.24) is 19.7 Å². The first kappa shape index (κ1) is 20.1. The topological polar surface area (TPSA) is 81.9 Å². The van der Waals surface area contributed by atoms with E-state index in [1.807, 2.05) is 16.7 Å². The molecule has 0 unspecified atom stereocenters. The predicted molar refractivity (Wildman–Crippen MR) is 119 cm³/mol. The van der Waals surface area contributed by atoms with E-state index in [0.717, 1.165) is 49.2 Å². The number of hydrogen-bond donors (Lipinski definition) is 1. The van der Waals surface area contributed by atoms with Crippen LogP contribution >= 0.6 is 0 Å². The average Bonchev–Trinajstić information content (AvgIpc) is 3.06. The molecule has 32 heavy (non-hydrogen) atoms. The van der Waals surface area contributed by atoms with Gasteiger partial charge in [0, 0.05) is 24.0 Å². The minimum absolute atomic E-state index is 0.268. The summed E-state index contributed by atoms with van der Waals surface area (Å²) in [5.41, 5.74) is 1.74. The van der Waals surface area contributed by atoms with Gasteiger partial charge in [0.1, 0.15) is 23.1 Å². The third-order valence-electron chi connectivity index (χ3n) is 5.70. The molecule has 3 heterocycles. The Morgan fingerprint density at radius 2 is 1.97 bits per heavy atom. The number of carbonyl (C=O) groups is 1. The zero-order valence-electron chi connectivity index (χ0n) is 17.6. The number of hydrogen-bond acceptors (Lipinski definition) is 5. The highest BCUT2D eigenvalue weighted by molar-refractivity contribution is 6.04. The Labute approximate surface area is 184 Å². The van der Waals surface area contributed by atoms with Crippen LogP contribution in [0.25, 0.3) is 22.3 Å². The molecule has 5 rings (SSSR count). The molecule has 7 nitrogen and oxygen atoms in total. The number of aryl methyl sites for hydroxylation is 1. The lowest BCUT2D eigenvalue weighted by Crippen LogP contribution is -2.14. The van der Waals surface area contributed by atoms with Crippen molar-refractivity contribution in [1.29, 1.82) is 0 Å². The number of methoxy groups -OCH3 is 1. The second-order valence-electron chi connectivity index (χ2n) is 7.81. The smallest absolute Gasteiger partial charge is 0.274 e. The van der Waals surface area contributed by atoms with Crippen molar-refractivity contribution in [2.45, 2.75) is 32.2 Å². The molecule has 0 aliphatic carbocycles. The van der Waals surface area contributed by atoms with E-state index in [1.165, 1.54) is 12.1 Å². The van der Waals surface area contributed by atoms with E-state index in [4.69, 9.17) is 4.74 Å². The van der Waals surface area contributed by atoms with Crippen LogP contribution in [0.5, 0.6) is 5.75 Å². The lowest BCUT2D eigenvalue weighted by atomic mass is 10.1. The van der Waals surface area contributed by atoms with E-state index in [-0.39, 0.29) is 11.6 Å². The van der Waals surface area contributed by atoms with Gasteiger partial charge in [-0.25, -0.2) is 9.37 Å². The number of nitrogens with one attached hydrogen (secondary N) is 1. The lowest BCUT2D eigenvalue weighted by Gasteiger charge is -2.11.